The van der Waals surface area contributed by atoms with E-state index in [0.717, 1.165) is 31.6 Å². The van der Waals surface area contributed by atoms with Crippen LogP contribution in [-0.2, 0) is 6.54 Å². The smallest absolute Gasteiger partial charge is 0.233 e. The van der Waals surface area contributed by atoms with Gasteiger partial charge in [-0.3, -0.25) is 0 Å². The summed E-state index contributed by atoms with van der Waals surface area (Å²) in [5.74, 6) is 2.22. The molecule has 4 rings (SSSR count). The average Bonchev–Trinajstić information content (AvgIpc) is 3.48. The van der Waals surface area contributed by atoms with Crippen molar-refractivity contribution in [1.82, 2.24) is 25.3 Å². The van der Waals surface area contributed by atoms with Crippen molar-refractivity contribution < 1.29 is 9.15 Å². The van der Waals surface area contributed by atoms with Gasteiger partial charge in [-0.2, -0.15) is 15.0 Å². The predicted octanol–water partition coefficient (Wildman–Crippen LogP) is 3.38. The number of nitrogens with two attached hydrogens (primary N) is 1. The number of nitrogens with one attached hydrogen (secondary N) is 2. The van der Waals surface area contributed by atoms with Crippen LogP contribution in [0.5, 0.6) is 5.75 Å². The Labute approximate surface area is 191 Å². The van der Waals surface area contributed by atoms with Crippen molar-refractivity contribution in [3.05, 3.63) is 41.6 Å². The lowest BCUT2D eigenvalue weighted by Crippen LogP contribution is -2.48. The van der Waals surface area contributed by atoms with Gasteiger partial charge in [-0.25, -0.2) is 4.98 Å². The summed E-state index contributed by atoms with van der Waals surface area (Å²) in [5, 5.41) is 7.23. The molecule has 0 bridgehead atoms. The largest absolute Gasteiger partial charge is 0.495 e. The predicted molar refractivity (Wildman–Crippen MR) is 123 cm³/mol. The molecule has 170 valence electrons. The summed E-state index contributed by atoms with van der Waals surface area (Å²) in [4.78, 5) is 19.5. The van der Waals surface area contributed by atoms with Gasteiger partial charge in [-0.1, -0.05) is 18.5 Å². The molecule has 1 fully saturated rings. The Bertz CT molecular complexity index is 1030. The highest BCUT2D eigenvalue weighted by molar-refractivity contribution is 6.32. The molecule has 4 N–H and O–H groups in total. The van der Waals surface area contributed by atoms with Crippen molar-refractivity contribution in [2.24, 2.45) is 0 Å². The highest BCUT2D eigenvalue weighted by Gasteiger charge is 2.31. The molecule has 1 aliphatic heterocycles. The van der Waals surface area contributed by atoms with E-state index in [1.165, 1.54) is 6.39 Å². The van der Waals surface area contributed by atoms with Crippen LogP contribution in [0.4, 0.5) is 23.5 Å². The number of nitrogen functional groups attached to an aromatic ring is 1. The van der Waals surface area contributed by atoms with Crippen LogP contribution in [-0.4, -0.2) is 45.7 Å². The molecule has 2 atom stereocenters. The molecule has 1 saturated heterocycles. The van der Waals surface area contributed by atoms with Crippen molar-refractivity contribution in [1.29, 1.82) is 0 Å². The van der Waals surface area contributed by atoms with Crippen molar-refractivity contribution in [2.45, 2.75) is 44.8 Å². The zero-order valence-electron chi connectivity index (χ0n) is 18.1. The Kier molecular flexibility index (Phi) is 6.91. The van der Waals surface area contributed by atoms with Crippen LogP contribution in [0.1, 0.15) is 31.9 Å². The van der Waals surface area contributed by atoms with Crippen LogP contribution < -0.4 is 26.0 Å². The zero-order chi connectivity index (χ0) is 22.5. The number of methoxy groups -OCH3 is 1. The van der Waals surface area contributed by atoms with Crippen LogP contribution in [0.15, 0.2) is 35.2 Å². The van der Waals surface area contributed by atoms with E-state index in [0.29, 0.717) is 40.9 Å². The lowest BCUT2D eigenvalue weighted by Gasteiger charge is -2.34. The third kappa shape index (κ3) is 5.03. The molecular formula is C21H27ClN8O2. The van der Waals surface area contributed by atoms with Crippen LogP contribution in [0.25, 0.3) is 0 Å². The zero-order valence-corrected chi connectivity index (χ0v) is 18.8. The second-order valence-corrected chi connectivity index (χ2v) is 7.97. The van der Waals surface area contributed by atoms with Crippen LogP contribution in [0.3, 0.4) is 0 Å². The first-order chi connectivity index (χ1) is 15.6. The summed E-state index contributed by atoms with van der Waals surface area (Å²) in [6.07, 6.45) is 6.24. The van der Waals surface area contributed by atoms with Gasteiger partial charge in [0, 0.05) is 17.8 Å². The van der Waals surface area contributed by atoms with Gasteiger partial charge in [0.15, 0.2) is 6.39 Å². The topological polar surface area (TPSA) is 127 Å². The molecule has 1 aromatic carbocycles. The van der Waals surface area contributed by atoms with Crippen LogP contribution >= 0.6 is 11.6 Å². The molecule has 1 aliphatic rings. The van der Waals surface area contributed by atoms with Gasteiger partial charge in [0.1, 0.15) is 11.5 Å². The van der Waals surface area contributed by atoms with Crippen molar-refractivity contribution in [3.63, 3.8) is 0 Å². The highest BCUT2D eigenvalue weighted by atomic mass is 35.5. The number of halogens is 1. The van der Waals surface area contributed by atoms with Crippen molar-refractivity contribution >= 4 is 35.1 Å². The number of rotatable bonds is 9. The molecular weight excluding hydrogens is 432 g/mol. The number of hydrogen-bond donors (Lipinski definition) is 3. The van der Waals surface area contributed by atoms with Gasteiger partial charge in [-0.15, -0.1) is 0 Å². The fraction of sp³-hybridized carbons (Fsp3) is 0.429. The molecule has 0 saturated carbocycles. The average molecular weight is 459 g/mol. The molecule has 0 aliphatic carbocycles. The van der Waals surface area contributed by atoms with E-state index in [1.807, 2.05) is 6.07 Å². The first-order valence-corrected chi connectivity index (χ1v) is 10.9. The minimum atomic E-state index is 0.119. The minimum Gasteiger partial charge on any atom is -0.495 e. The highest BCUT2D eigenvalue weighted by Crippen LogP contribution is 2.29. The number of nitrogens with zero attached hydrogens (tertiary/aromatic N) is 5. The molecule has 10 nitrogen and oxygen atoms in total. The van der Waals surface area contributed by atoms with Crippen LogP contribution in [0.2, 0.25) is 5.02 Å². The summed E-state index contributed by atoms with van der Waals surface area (Å²) in [6, 6.07) is 5.80. The van der Waals surface area contributed by atoms with E-state index in [2.05, 4.69) is 42.4 Å². The molecule has 11 heteroatoms. The molecule has 32 heavy (non-hydrogen) atoms. The van der Waals surface area contributed by atoms with Gasteiger partial charge >= 0.3 is 0 Å². The maximum Gasteiger partial charge on any atom is 0.233 e. The summed E-state index contributed by atoms with van der Waals surface area (Å²) in [6.45, 7) is 3.62. The van der Waals surface area contributed by atoms with Gasteiger partial charge in [0.2, 0.25) is 17.8 Å². The molecule has 0 radical (unpaired) electrons. The maximum atomic E-state index is 6.25. The second kappa shape index (κ2) is 10.0. The van der Waals surface area contributed by atoms with Crippen molar-refractivity contribution in [2.75, 3.05) is 29.6 Å². The Morgan fingerprint density at radius 2 is 2.25 bits per heavy atom. The number of benzene rings is 1. The van der Waals surface area contributed by atoms with Gasteiger partial charge in [0.05, 0.1) is 24.9 Å². The van der Waals surface area contributed by atoms with E-state index < -0.39 is 0 Å². The fourth-order valence-electron chi connectivity index (χ4n) is 4.02. The Hall–Kier alpha value is -3.11. The number of oxazole rings is 1. The van der Waals surface area contributed by atoms with E-state index in [4.69, 9.17) is 26.5 Å². The molecule has 3 aromatic rings. The number of anilines is 4. The Morgan fingerprint density at radius 1 is 1.38 bits per heavy atom. The fourth-order valence-corrected chi connectivity index (χ4v) is 4.28. The normalized spacial score (nSPS) is 16.7. The summed E-state index contributed by atoms with van der Waals surface area (Å²) >= 11 is 6.25. The van der Waals surface area contributed by atoms with Gasteiger partial charge in [-0.05, 0) is 44.0 Å². The van der Waals surface area contributed by atoms with E-state index >= 15 is 0 Å². The summed E-state index contributed by atoms with van der Waals surface area (Å²) in [7, 11) is 1.57. The second-order valence-electron chi connectivity index (χ2n) is 7.57. The van der Waals surface area contributed by atoms with E-state index in [-0.39, 0.29) is 12.0 Å². The third-order valence-corrected chi connectivity index (χ3v) is 5.79. The lowest BCUT2D eigenvalue weighted by molar-refractivity contribution is 0.411. The van der Waals surface area contributed by atoms with Crippen molar-refractivity contribution in [3.8, 4) is 5.75 Å². The van der Waals surface area contributed by atoms with Gasteiger partial charge in [0.25, 0.3) is 0 Å². The first-order valence-electron chi connectivity index (χ1n) is 10.6. The monoisotopic (exact) mass is 458 g/mol. The van der Waals surface area contributed by atoms with Crippen LogP contribution in [0, 0.1) is 0 Å². The quantitative estimate of drug-likeness (QED) is 0.439. The lowest BCUT2D eigenvalue weighted by atomic mass is 10.0. The molecule has 3 heterocycles. The van der Waals surface area contributed by atoms with Gasteiger partial charge < -0.3 is 30.4 Å². The number of hydrogen-bond acceptors (Lipinski definition) is 10. The van der Waals surface area contributed by atoms with E-state index in [1.54, 1.807) is 25.4 Å². The van der Waals surface area contributed by atoms with E-state index in [9.17, 15) is 0 Å². The Balaban J connectivity index is 1.65. The molecule has 0 spiro atoms. The molecule has 2 unspecified atom stereocenters. The summed E-state index contributed by atoms with van der Waals surface area (Å²) < 4.78 is 10.7. The number of aromatic nitrogens is 4. The SMILES string of the molecule is CCC(C1CCCN1)N(Cc1cnco1)c1nc(N)nc(Nc2ccc(OC)c(Cl)c2)n1. The third-order valence-electron chi connectivity index (χ3n) is 5.50. The Morgan fingerprint density at radius 3 is 2.91 bits per heavy atom. The molecule has 0 amide bonds. The first kappa shape index (κ1) is 22.1. The number of ether oxygens (including phenoxy) is 1. The minimum absolute atomic E-state index is 0.119. The maximum absolute atomic E-state index is 6.25. The standard InChI is InChI=1S/C21H27ClN8O2/c1-3-17(16-5-4-8-25-16)30(11-14-10-24-12-32-14)21-28-19(23)27-20(29-21)26-13-6-7-18(31-2)15(22)9-13/h6-7,9-10,12,16-17,25H,3-5,8,11H2,1-2H3,(H3,23,26,27,28,29). The molecule has 2 aromatic heterocycles. The summed E-state index contributed by atoms with van der Waals surface area (Å²) in [5.41, 5.74) is 6.78.